The number of nitrogens with one attached hydrogen (secondary N) is 1. The van der Waals surface area contributed by atoms with Crippen LogP contribution in [0.25, 0.3) is 0 Å². The lowest BCUT2D eigenvalue weighted by Gasteiger charge is -2.14. The molecule has 0 atom stereocenters. The van der Waals surface area contributed by atoms with Crippen molar-refractivity contribution < 1.29 is 13.9 Å². The molecule has 2 aromatic rings. The van der Waals surface area contributed by atoms with E-state index in [1.165, 1.54) is 6.20 Å². The number of halogens is 2. The molecule has 7 heteroatoms. The van der Waals surface area contributed by atoms with Crippen LogP contribution in [0.2, 0.25) is 5.02 Å². The molecule has 0 unspecified atom stereocenters. The molecule has 0 saturated carbocycles. The van der Waals surface area contributed by atoms with Crippen LogP contribution >= 0.6 is 11.6 Å². The third kappa shape index (κ3) is 2.90. The minimum atomic E-state index is -0.634. The molecule has 1 saturated heterocycles. The third-order valence-electron chi connectivity index (χ3n) is 2.99. The molecule has 0 bridgehead atoms. The van der Waals surface area contributed by atoms with E-state index in [0.29, 0.717) is 18.8 Å². The molecule has 108 valence electrons. The molecule has 1 aliphatic heterocycles. The first-order valence-electron chi connectivity index (χ1n) is 6.28. The van der Waals surface area contributed by atoms with Crippen LogP contribution in [0.5, 0.6) is 11.6 Å². The summed E-state index contributed by atoms with van der Waals surface area (Å²) in [7, 11) is 0. The van der Waals surface area contributed by atoms with Crippen molar-refractivity contribution in [3.8, 4) is 11.6 Å². The maximum atomic E-state index is 13.6. The van der Waals surface area contributed by atoms with Crippen LogP contribution in [-0.2, 0) is 0 Å². The molecule has 0 spiro atoms. The zero-order valence-corrected chi connectivity index (χ0v) is 11.6. The van der Waals surface area contributed by atoms with Gasteiger partial charge in [-0.2, -0.15) is 0 Å². The second-order valence-electron chi connectivity index (χ2n) is 4.42. The van der Waals surface area contributed by atoms with E-state index in [1.54, 1.807) is 29.2 Å². The number of hydrogen-bond acceptors (Lipinski definition) is 3. The Bertz CT molecular complexity index is 678. The highest BCUT2D eigenvalue weighted by Crippen LogP contribution is 2.26. The van der Waals surface area contributed by atoms with Gasteiger partial charge >= 0.3 is 6.03 Å². The fourth-order valence-corrected chi connectivity index (χ4v) is 2.15. The third-order valence-corrected chi connectivity index (χ3v) is 3.20. The predicted molar refractivity (Wildman–Crippen MR) is 76.5 cm³/mol. The van der Waals surface area contributed by atoms with Gasteiger partial charge in [0.15, 0.2) is 5.82 Å². The topological polar surface area (TPSA) is 54.5 Å². The number of aromatic nitrogens is 1. The maximum absolute atomic E-state index is 13.6. The summed E-state index contributed by atoms with van der Waals surface area (Å²) in [6.45, 7) is 1.24. The van der Waals surface area contributed by atoms with Gasteiger partial charge in [0.25, 0.3) is 5.88 Å². The van der Waals surface area contributed by atoms with E-state index in [0.717, 1.165) is 11.8 Å². The summed E-state index contributed by atoms with van der Waals surface area (Å²) in [6, 6.07) is 7.76. The van der Waals surface area contributed by atoms with E-state index in [4.69, 9.17) is 16.3 Å². The van der Waals surface area contributed by atoms with Gasteiger partial charge in [0.2, 0.25) is 0 Å². The van der Waals surface area contributed by atoms with Gasteiger partial charge in [-0.3, -0.25) is 4.90 Å². The smallest absolute Gasteiger partial charge is 0.321 e. The van der Waals surface area contributed by atoms with Crippen molar-refractivity contribution in [2.45, 2.75) is 0 Å². The molecule has 0 aliphatic carbocycles. The SMILES string of the molecule is O=C1NCCN1c1ccc(Oc2ncc(Cl)cc2F)cc1. The number of benzene rings is 1. The predicted octanol–water partition coefficient (Wildman–Crippen LogP) is 3.20. The molecule has 2 heterocycles. The van der Waals surface area contributed by atoms with Gasteiger partial charge in [-0.15, -0.1) is 0 Å². The number of carbonyl (C=O) groups is 1. The lowest BCUT2D eigenvalue weighted by molar-refractivity contribution is 0.252. The molecule has 1 aliphatic rings. The molecule has 1 N–H and O–H groups in total. The van der Waals surface area contributed by atoms with Crippen LogP contribution in [-0.4, -0.2) is 24.1 Å². The van der Waals surface area contributed by atoms with Gasteiger partial charge in [-0.05, 0) is 30.3 Å². The summed E-state index contributed by atoms with van der Waals surface area (Å²) < 4.78 is 18.9. The van der Waals surface area contributed by atoms with Gasteiger partial charge in [0, 0.05) is 25.0 Å². The van der Waals surface area contributed by atoms with E-state index in [9.17, 15) is 9.18 Å². The standard InChI is InChI=1S/C14H11ClFN3O2/c15-9-7-12(16)13(18-8-9)21-11-3-1-10(2-4-11)19-6-5-17-14(19)20/h1-4,7-8H,5-6H2,(H,17,20). The van der Waals surface area contributed by atoms with Crippen molar-refractivity contribution in [2.75, 3.05) is 18.0 Å². The normalized spacial score (nSPS) is 14.2. The molecule has 1 aromatic heterocycles. The Morgan fingerprint density at radius 3 is 2.71 bits per heavy atom. The summed E-state index contributed by atoms with van der Waals surface area (Å²) in [4.78, 5) is 16.9. The Kier molecular flexibility index (Phi) is 3.62. The summed E-state index contributed by atoms with van der Waals surface area (Å²) in [5.74, 6) is -0.358. The molecule has 1 aromatic carbocycles. The zero-order chi connectivity index (χ0) is 14.8. The maximum Gasteiger partial charge on any atom is 0.321 e. The van der Waals surface area contributed by atoms with Crippen molar-refractivity contribution >= 4 is 23.3 Å². The van der Waals surface area contributed by atoms with Gasteiger partial charge in [-0.25, -0.2) is 14.2 Å². The highest BCUT2D eigenvalue weighted by atomic mass is 35.5. The van der Waals surface area contributed by atoms with Crippen molar-refractivity contribution in [3.63, 3.8) is 0 Å². The molecule has 2 amide bonds. The average Bonchev–Trinajstić information content (AvgIpc) is 2.89. The second-order valence-corrected chi connectivity index (χ2v) is 4.86. The molecular formula is C14H11ClFN3O2. The number of hydrogen-bond donors (Lipinski definition) is 1. The average molecular weight is 308 g/mol. The summed E-state index contributed by atoms with van der Waals surface area (Å²) in [6.07, 6.45) is 1.31. The van der Waals surface area contributed by atoms with Crippen LogP contribution in [0.15, 0.2) is 36.5 Å². The quantitative estimate of drug-likeness (QED) is 0.947. The first kappa shape index (κ1) is 13.6. The molecule has 0 radical (unpaired) electrons. The number of rotatable bonds is 3. The van der Waals surface area contributed by atoms with Crippen LogP contribution in [0.4, 0.5) is 14.9 Å². The lowest BCUT2D eigenvalue weighted by atomic mass is 10.3. The Hall–Kier alpha value is -2.34. The summed E-state index contributed by atoms with van der Waals surface area (Å²) >= 11 is 5.63. The number of urea groups is 1. The van der Waals surface area contributed by atoms with Gasteiger partial charge in [0.05, 0.1) is 5.02 Å². The van der Waals surface area contributed by atoms with E-state index >= 15 is 0 Å². The van der Waals surface area contributed by atoms with Crippen LogP contribution in [0, 0.1) is 5.82 Å². The molecule has 21 heavy (non-hydrogen) atoms. The van der Waals surface area contributed by atoms with Crippen LogP contribution in [0.1, 0.15) is 0 Å². The molecule has 5 nitrogen and oxygen atoms in total. The number of nitrogens with zero attached hydrogens (tertiary/aromatic N) is 2. The highest BCUT2D eigenvalue weighted by molar-refractivity contribution is 6.30. The minimum Gasteiger partial charge on any atom is -0.436 e. The molecular weight excluding hydrogens is 297 g/mol. The second kappa shape index (κ2) is 5.57. The van der Waals surface area contributed by atoms with Crippen LogP contribution < -0.4 is 15.0 Å². The number of pyridine rings is 1. The Morgan fingerprint density at radius 2 is 2.10 bits per heavy atom. The Labute approximate surface area is 125 Å². The van der Waals surface area contributed by atoms with Crippen molar-refractivity contribution in [1.29, 1.82) is 0 Å². The van der Waals surface area contributed by atoms with E-state index in [-0.39, 0.29) is 16.9 Å². The van der Waals surface area contributed by atoms with Gasteiger partial charge < -0.3 is 10.1 Å². The fourth-order valence-electron chi connectivity index (χ4n) is 2.00. The van der Waals surface area contributed by atoms with Crippen molar-refractivity contribution in [2.24, 2.45) is 0 Å². The largest absolute Gasteiger partial charge is 0.436 e. The van der Waals surface area contributed by atoms with Crippen molar-refractivity contribution in [1.82, 2.24) is 10.3 Å². The lowest BCUT2D eigenvalue weighted by Crippen LogP contribution is -2.27. The number of anilines is 1. The fraction of sp³-hybridized carbons (Fsp3) is 0.143. The summed E-state index contributed by atoms with van der Waals surface area (Å²) in [5, 5.41) is 2.92. The summed E-state index contributed by atoms with van der Waals surface area (Å²) in [5.41, 5.74) is 0.752. The number of amides is 2. The Balaban J connectivity index is 1.76. The van der Waals surface area contributed by atoms with E-state index in [1.807, 2.05) is 0 Å². The van der Waals surface area contributed by atoms with Crippen molar-refractivity contribution in [3.05, 3.63) is 47.4 Å². The van der Waals surface area contributed by atoms with E-state index < -0.39 is 5.82 Å². The molecule has 3 rings (SSSR count). The molecule has 1 fully saturated rings. The number of ether oxygens (including phenoxy) is 1. The van der Waals surface area contributed by atoms with E-state index in [2.05, 4.69) is 10.3 Å². The van der Waals surface area contributed by atoms with Gasteiger partial charge in [0.1, 0.15) is 5.75 Å². The number of carbonyl (C=O) groups excluding carboxylic acids is 1. The zero-order valence-electron chi connectivity index (χ0n) is 10.8. The Morgan fingerprint density at radius 1 is 1.33 bits per heavy atom. The minimum absolute atomic E-state index is 0.130. The highest BCUT2D eigenvalue weighted by Gasteiger charge is 2.20. The monoisotopic (exact) mass is 307 g/mol. The first-order valence-corrected chi connectivity index (χ1v) is 6.65. The van der Waals surface area contributed by atoms with Gasteiger partial charge in [-0.1, -0.05) is 11.6 Å². The van der Waals surface area contributed by atoms with Crippen LogP contribution in [0.3, 0.4) is 0 Å². The first-order chi connectivity index (χ1) is 10.1.